The van der Waals surface area contributed by atoms with Crippen molar-refractivity contribution in [3.8, 4) is 0 Å². The fourth-order valence-corrected chi connectivity index (χ4v) is 2.19. The third-order valence-corrected chi connectivity index (χ3v) is 2.88. The summed E-state index contributed by atoms with van der Waals surface area (Å²) in [5.74, 6) is 1.42. The molecule has 0 spiro atoms. The molecule has 0 bridgehead atoms. The Hall–Kier alpha value is -1.09. The summed E-state index contributed by atoms with van der Waals surface area (Å²) in [7, 11) is 0. The lowest BCUT2D eigenvalue weighted by molar-refractivity contribution is 0.111. The number of carbonyl (C=O) groups excluding carboxylic acids is 1. The Labute approximate surface area is 81.1 Å². The highest BCUT2D eigenvalue weighted by atomic mass is 32.2. The third-order valence-electron chi connectivity index (χ3n) is 1.98. The molecule has 2 heterocycles. The second-order valence-corrected chi connectivity index (χ2v) is 3.81. The number of hydrogen-bond donors (Lipinski definition) is 0. The van der Waals surface area contributed by atoms with Gasteiger partial charge in [0.15, 0.2) is 6.29 Å². The molecule has 1 aliphatic rings. The van der Waals surface area contributed by atoms with Gasteiger partial charge in [0, 0.05) is 17.4 Å². The smallest absolute Gasteiger partial charge is 0.168 e. The van der Waals surface area contributed by atoms with Crippen LogP contribution in [0.5, 0.6) is 0 Å². The lowest BCUT2D eigenvalue weighted by Crippen LogP contribution is -2.00. The molecule has 0 N–H and O–H groups in total. The largest absolute Gasteiger partial charge is 0.296 e. The molecule has 1 unspecified atom stereocenters. The first-order valence-electron chi connectivity index (χ1n) is 4.10. The molecular formula is C10H9NOS. The van der Waals surface area contributed by atoms with Gasteiger partial charge in [-0.1, -0.05) is 12.1 Å². The Bertz CT molecular complexity index is 349. The number of hydrogen-bond acceptors (Lipinski definition) is 3. The van der Waals surface area contributed by atoms with Crippen molar-refractivity contribution in [2.75, 3.05) is 5.75 Å². The maximum Gasteiger partial charge on any atom is 0.168 e. The number of aldehydes is 1. The minimum absolute atomic E-state index is 0.380. The zero-order chi connectivity index (χ0) is 9.10. The number of pyridine rings is 1. The van der Waals surface area contributed by atoms with Crippen molar-refractivity contribution in [2.24, 2.45) is 0 Å². The minimum Gasteiger partial charge on any atom is -0.296 e. The second kappa shape index (κ2) is 3.75. The molecule has 0 saturated heterocycles. The van der Waals surface area contributed by atoms with Gasteiger partial charge in [-0.15, -0.1) is 11.8 Å². The molecule has 0 saturated carbocycles. The Balaban J connectivity index is 2.29. The van der Waals surface area contributed by atoms with Crippen LogP contribution in [0.1, 0.15) is 22.1 Å². The second-order valence-electron chi connectivity index (χ2n) is 2.87. The number of thioether (sulfide) groups is 1. The molecule has 1 aliphatic heterocycles. The van der Waals surface area contributed by atoms with Gasteiger partial charge in [-0.05, 0) is 17.5 Å². The van der Waals surface area contributed by atoms with Crippen LogP contribution in [-0.2, 0) is 0 Å². The normalized spacial score (nSPS) is 20.5. The van der Waals surface area contributed by atoms with Crippen LogP contribution in [-0.4, -0.2) is 17.0 Å². The van der Waals surface area contributed by atoms with Gasteiger partial charge >= 0.3 is 0 Å². The lowest BCUT2D eigenvalue weighted by Gasteiger charge is -2.05. The van der Waals surface area contributed by atoms with Crippen LogP contribution in [0.4, 0.5) is 0 Å². The van der Waals surface area contributed by atoms with Crippen LogP contribution in [0.25, 0.3) is 0 Å². The summed E-state index contributed by atoms with van der Waals surface area (Å²) >= 11 is 1.78. The summed E-state index contributed by atoms with van der Waals surface area (Å²) in [5, 5.41) is 2.08. The number of rotatable bonds is 2. The van der Waals surface area contributed by atoms with E-state index in [0.717, 1.165) is 17.7 Å². The first-order chi connectivity index (χ1) is 6.40. The first kappa shape index (κ1) is 8.51. The number of nitrogens with zero attached hydrogens (tertiary/aromatic N) is 1. The molecule has 0 aromatic carbocycles. The predicted molar refractivity (Wildman–Crippen MR) is 54.0 cm³/mol. The molecule has 1 aromatic rings. The van der Waals surface area contributed by atoms with E-state index >= 15 is 0 Å². The Kier molecular flexibility index (Phi) is 2.45. The van der Waals surface area contributed by atoms with E-state index in [2.05, 4.69) is 16.5 Å². The Morgan fingerprint density at radius 3 is 3.15 bits per heavy atom. The van der Waals surface area contributed by atoms with Crippen LogP contribution in [0.15, 0.2) is 29.7 Å². The minimum atomic E-state index is 0.380. The number of allylic oxidation sites excluding steroid dienone is 1. The van der Waals surface area contributed by atoms with Crippen molar-refractivity contribution >= 4 is 18.0 Å². The molecule has 0 fully saturated rings. The van der Waals surface area contributed by atoms with E-state index in [1.807, 2.05) is 12.1 Å². The topological polar surface area (TPSA) is 30.0 Å². The predicted octanol–water partition coefficient (Wildman–Crippen LogP) is 2.24. The molecule has 0 amide bonds. The summed E-state index contributed by atoms with van der Waals surface area (Å²) in [6, 6.07) is 5.57. The average molecular weight is 191 g/mol. The molecule has 66 valence electrons. The van der Waals surface area contributed by atoms with E-state index in [1.165, 1.54) is 0 Å². The van der Waals surface area contributed by atoms with E-state index in [4.69, 9.17) is 0 Å². The fourth-order valence-electron chi connectivity index (χ4n) is 1.29. The number of aromatic nitrogens is 1. The number of carbonyl (C=O) groups is 1. The van der Waals surface area contributed by atoms with Crippen LogP contribution >= 0.6 is 11.8 Å². The van der Waals surface area contributed by atoms with Crippen molar-refractivity contribution in [3.05, 3.63) is 41.1 Å². The molecule has 2 rings (SSSR count). The molecule has 0 aliphatic carbocycles. The standard InChI is InChI=1S/C10H9NOS/c12-6-9-2-1-3-10(11-9)8-4-5-13-7-8/h1-6,8H,7H2. The van der Waals surface area contributed by atoms with Crippen molar-refractivity contribution in [1.29, 1.82) is 0 Å². The van der Waals surface area contributed by atoms with Gasteiger partial charge < -0.3 is 0 Å². The first-order valence-corrected chi connectivity index (χ1v) is 5.15. The quantitative estimate of drug-likeness (QED) is 0.671. The summed E-state index contributed by atoms with van der Waals surface area (Å²) in [6.07, 6.45) is 2.91. The Morgan fingerprint density at radius 1 is 1.54 bits per heavy atom. The summed E-state index contributed by atoms with van der Waals surface area (Å²) < 4.78 is 0. The molecule has 3 heteroatoms. The van der Waals surface area contributed by atoms with Crippen LogP contribution in [0.3, 0.4) is 0 Å². The fraction of sp³-hybridized carbons (Fsp3) is 0.200. The average Bonchev–Trinajstić information content (AvgIpc) is 2.71. The van der Waals surface area contributed by atoms with Crippen LogP contribution < -0.4 is 0 Å². The molecular weight excluding hydrogens is 182 g/mol. The van der Waals surface area contributed by atoms with Crippen molar-refractivity contribution < 1.29 is 4.79 Å². The van der Waals surface area contributed by atoms with E-state index in [1.54, 1.807) is 17.8 Å². The van der Waals surface area contributed by atoms with Crippen molar-refractivity contribution in [1.82, 2.24) is 4.98 Å². The van der Waals surface area contributed by atoms with Gasteiger partial charge in [0.2, 0.25) is 0 Å². The van der Waals surface area contributed by atoms with Crippen molar-refractivity contribution in [3.63, 3.8) is 0 Å². The zero-order valence-electron chi connectivity index (χ0n) is 7.01. The molecule has 13 heavy (non-hydrogen) atoms. The highest BCUT2D eigenvalue weighted by molar-refractivity contribution is 8.02. The molecule has 1 atom stereocenters. The van der Waals surface area contributed by atoms with E-state index in [9.17, 15) is 4.79 Å². The lowest BCUT2D eigenvalue weighted by atomic mass is 10.1. The molecule has 1 aromatic heterocycles. The maximum absolute atomic E-state index is 10.5. The van der Waals surface area contributed by atoms with Gasteiger partial charge in [-0.25, -0.2) is 4.98 Å². The summed E-state index contributed by atoms with van der Waals surface area (Å²) in [5.41, 5.74) is 1.51. The van der Waals surface area contributed by atoms with E-state index in [0.29, 0.717) is 11.6 Å². The summed E-state index contributed by atoms with van der Waals surface area (Å²) in [4.78, 5) is 14.7. The monoisotopic (exact) mass is 191 g/mol. The van der Waals surface area contributed by atoms with Crippen LogP contribution in [0, 0.1) is 0 Å². The van der Waals surface area contributed by atoms with E-state index < -0.39 is 0 Å². The van der Waals surface area contributed by atoms with Gasteiger partial charge in [-0.2, -0.15) is 0 Å². The zero-order valence-corrected chi connectivity index (χ0v) is 7.83. The maximum atomic E-state index is 10.5. The van der Waals surface area contributed by atoms with Crippen LogP contribution in [0.2, 0.25) is 0 Å². The highest BCUT2D eigenvalue weighted by Crippen LogP contribution is 2.28. The van der Waals surface area contributed by atoms with Gasteiger partial charge in [-0.3, -0.25) is 4.79 Å². The Morgan fingerprint density at radius 2 is 2.46 bits per heavy atom. The van der Waals surface area contributed by atoms with E-state index in [-0.39, 0.29) is 0 Å². The summed E-state index contributed by atoms with van der Waals surface area (Å²) in [6.45, 7) is 0. The van der Waals surface area contributed by atoms with Gasteiger partial charge in [0.1, 0.15) is 5.69 Å². The van der Waals surface area contributed by atoms with Gasteiger partial charge in [0.05, 0.1) is 0 Å². The molecule has 2 nitrogen and oxygen atoms in total. The third kappa shape index (κ3) is 1.80. The SMILES string of the molecule is O=Cc1cccc(C2C=CSC2)n1. The highest BCUT2D eigenvalue weighted by Gasteiger charge is 2.13. The van der Waals surface area contributed by atoms with Crippen molar-refractivity contribution in [2.45, 2.75) is 5.92 Å². The molecule has 0 radical (unpaired) electrons. The van der Waals surface area contributed by atoms with Gasteiger partial charge in [0.25, 0.3) is 0 Å².